The van der Waals surface area contributed by atoms with Gasteiger partial charge in [-0.15, -0.1) is 0 Å². The Balaban J connectivity index is 1.48. The highest BCUT2D eigenvalue weighted by molar-refractivity contribution is 6.30. The van der Waals surface area contributed by atoms with E-state index in [0.29, 0.717) is 23.6 Å². The average Bonchev–Trinajstić information content (AvgIpc) is 3.12. The standard InChI is InChI=1S/C24H26ClN3O2/c25-19-12-10-17(11-13-19)22(29)16-28-21-9-5-4-8-20(21)27-23(28)14-15-26-24(30)18-6-2-1-3-7-18/h4-5,8-13,18H,1-3,6-7,14-16H2,(H,26,30). The summed E-state index contributed by atoms with van der Waals surface area (Å²) in [6.07, 6.45) is 6.07. The highest BCUT2D eigenvalue weighted by atomic mass is 35.5. The van der Waals surface area contributed by atoms with Crippen LogP contribution in [0.2, 0.25) is 5.02 Å². The number of carbonyl (C=O) groups excluding carboxylic acids is 2. The van der Waals surface area contributed by atoms with Crippen molar-refractivity contribution in [2.75, 3.05) is 6.54 Å². The van der Waals surface area contributed by atoms with Crippen molar-refractivity contribution in [1.29, 1.82) is 0 Å². The van der Waals surface area contributed by atoms with Gasteiger partial charge in [0.25, 0.3) is 0 Å². The Morgan fingerprint density at radius 1 is 1.03 bits per heavy atom. The van der Waals surface area contributed by atoms with Crippen LogP contribution >= 0.6 is 11.6 Å². The van der Waals surface area contributed by atoms with Gasteiger partial charge in [-0.25, -0.2) is 4.98 Å². The molecule has 4 rings (SSSR count). The van der Waals surface area contributed by atoms with E-state index in [4.69, 9.17) is 16.6 Å². The van der Waals surface area contributed by atoms with Crippen molar-refractivity contribution in [3.8, 4) is 0 Å². The molecule has 0 bridgehead atoms. The summed E-state index contributed by atoms with van der Waals surface area (Å²) in [4.78, 5) is 30.0. The maximum atomic E-state index is 12.8. The van der Waals surface area contributed by atoms with Crippen LogP contribution in [0.5, 0.6) is 0 Å². The summed E-state index contributed by atoms with van der Waals surface area (Å²) in [5, 5.41) is 3.68. The molecule has 156 valence electrons. The number of para-hydroxylation sites is 2. The number of nitrogens with one attached hydrogen (secondary N) is 1. The minimum absolute atomic E-state index is 0.00214. The largest absolute Gasteiger partial charge is 0.355 e. The number of imidazole rings is 1. The molecule has 1 N–H and O–H groups in total. The molecule has 0 spiro atoms. The Labute approximate surface area is 181 Å². The first-order valence-electron chi connectivity index (χ1n) is 10.6. The smallest absolute Gasteiger partial charge is 0.223 e. The normalized spacial score (nSPS) is 14.7. The monoisotopic (exact) mass is 423 g/mol. The summed E-state index contributed by atoms with van der Waals surface area (Å²) < 4.78 is 1.96. The molecular formula is C24H26ClN3O2. The summed E-state index contributed by atoms with van der Waals surface area (Å²) in [5.41, 5.74) is 2.40. The lowest BCUT2D eigenvalue weighted by Gasteiger charge is -2.20. The summed E-state index contributed by atoms with van der Waals surface area (Å²) >= 11 is 5.94. The maximum absolute atomic E-state index is 12.8. The van der Waals surface area contributed by atoms with E-state index in [1.54, 1.807) is 24.3 Å². The van der Waals surface area contributed by atoms with E-state index in [2.05, 4.69) is 5.32 Å². The topological polar surface area (TPSA) is 64.0 Å². The fraction of sp³-hybridized carbons (Fsp3) is 0.375. The van der Waals surface area contributed by atoms with Crippen LogP contribution in [0.1, 0.15) is 48.3 Å². The predicted octanol–water partition coefficient (Wildman–Crippen LogP) is 4.81. The molecular weight excluding hydrogens is 398 g/mol. The SMILES string of the molecule is O=C(Cn1c(CCNC(=O)C2CCCCC2)nc2ccccc21)c1ccc(Cl)cc1. The molecule has 1 aromatic heterocycles. The third kappa shape index (κ3) is 4.73. The Kier molecular flexibility index (Phi) is 6.48. The van der Waals surface area contributed by atoms with Crippen LogP contribution in [0.3, 0.4) is 0 Å². The molecule has 1 heterocycles. The number of halogens is 1. The Morgan fingerprint density at radius 3 is 2.53 bits per heavy atom. The van der Waals surface area contributed by atoms with Gasteiger partial charge in [0.15, 0.2) is 5.78 Å². The maximum Gasteiger partial charge on any atom is 0.223 e. The number of rotatable bonds is 7. The molecule has 1 aliphatic rings. The molecule has 1 amide bonds. The average molecular weight is 424 g/mol. The molecule has 2 aromatic carbocycles. The number of hydrogen-bond donors (Lipinski definition) is 1. The first-order chi connectivity index (χ1) is 14.6. The lowest BCUT2D eigenvalue weighted by atomic mass is 9.89. The molecule has 3 aromatic rings. The molecule has 0 aliphatic heterocycles. The van der Waals surface area contributed by atoms with Gasteiger partial charge < -0.3 is 9.88 Å². The Bertz CT molecular complexity index is 1040. The van der Waals surface area contributed by atoms with E-state index in [1.807, 2.05) is 28.8 Å². The molecule has 6 heteroatoms. The van der Waals surface area contributed by atoms with Crippen LogP contribution in [0.4, 0.5) is 0 Å². The predicted molar refractivity (Wildman–Crippen MR) is 119 cm³/mol. The van der Waals surface area contributed by atoms with Crippen molar-refractivity contribution in [1.82, 2.24) is 14.9 Å². The van der Waals surface area contributed by atoms with Crippen molar-refractivity contribution < 1.29 is 9.59 Å². The highest BCUT2D eigenvalue weighted by Crippen LogP contribution is 2.23. The lowest BCUT2D eigenvalue weighted by molar-refractivity contribution is -0.125. The zero-order chi connectivity index (χ0) is 20.9. The van der Waals surface area contributed by atoms with E-state index in [0.717, 1.165) is 42.5 Å². The van der Waals surface area contributed by atoms with Crippen LogP contribution in [0.25, 0.3) is 11.0 Å². The second-order valence-corrected chi connectivity index (χ2v) is 8.35. The molecule has 30 heavy (non-hydrogen) atoms. The minimum Gasteiger partial charge on any atom is -0.355 e. The second kappa shape index (κ2) is 9.43. The quantitative estimate of drug-likeness (QED) is 0.554. The molecule has 1 fully saturated rings. The third-order valence-electron chi connectivity index (χ3n) is 5.83. The molecule has 1 saturated carbocycles. The Hall–Kier alpha value is -2.66. The number of hydrogen-bond acceptors (Lipinski definition) is 3. The minimum atomic E-state index is 0.00214. The Morgan fingerprint density at radius 2 is 1.77 bits per heavy atom. The van der Waals surface area contributed by atoms with Crippen LogP contribution in [-0.2, 0) is 17.8 Å². The van der Waals surface area contributed by atoms with Crippen molar-refractivity contribution >= 4 is 34.3 Å². The second-order valence-electron chi connectivity index (χ2n) is 7.91. The zero-order valence-corrected chi connectivity index (χ0v) is 17.7. The third-order valence-corrected chi connectivity index (χ3v) is 6.08. The number of fused-ring (bicyclic) bond motifs is 1. The van der Waals surface area contributed by atoms with E-state index < -0.39 is 0 Å². The van der Waals surface area contributed by atoms with Gasteiger partial charge in [-0.2, -0.15) is 0 Å². The summed E-state index contributed by atoms with van der Waals surface area (Å²) in [5.74, 6) is 1.10. The first kappa shape index (κ1) is 20.6. The highest BCUT2D eigenvalue weighted by Gasteiger charge is 2.21. The first-order valence-corrected chi connectivity index (χ1v) is 11.0. The number of amides is 1. The van der Waals surface area contributed by atoms with Crippen molar-refractivity contribution in [3.05, 3.63) is 64.9 Å². The van der Waals surface area contributed by atoms with Gasteiger partial charge in [0.2, 0.25) is 5.91 Å². The van der Waals surface area contributed by atoms with Gasteiger partial charge in [0.05, 0.1) is 17.6 Å². The molecule has 0 atom stereocenters. The van der Waals surface area contributed by atoms with Crippen molar-refractivity contribution in [3.63, 3.8) is 0 Å². The van der Waals surface area contributed by atoms with Gasteiger partial charge in [-0.05, 0) is 49.2 Å². The van der Waals surface area contributed by atoms with E-state index in [-0.39, 0.29) is 24.2 Å². The summed E-state index contributed by atoms with van der Waals surface area (Å²) in [7, 11) is 0. The molecule has 0 saturated heterocycles. The van der Waals surface area contributed by atoms with Gasteiger partial charge in [0, 0.05) is 29.5 Å². The molecule has 1 aliphatic carbocycles. The number of ketones is 1. The van der Waals surface area contributed by atoms with Gasteiger partial charge in [-0.3, -0.25) is 9.59 Å². The molecule has 5 nitrogen and oxygen atoms in total. The van der Waals surface area contributed by atoms with Crippen LogP contribution in [-0.4, -0.2) is 27.8 Å². The summed E-state index contributed by atoms with van der Waals surface area (Å²) in [6, 6.07) is 14.7. The number of benzene rings is 2. The van der Waals surface area contributed by atoms with Crippen LogP contribution < -0.4 is 5.32 Å². The van der Waals surface area contributed by atoms with E-state index in [1.165, 1.54) is 6.42 Å². The lowest BCUT2D eigenvalue weighted by Crippen LogP contribution is -2.33. The van der Waals surface area contributed by atoms with Gasteiger partial charge in [0.1, 0.15) is 5.82 Å². The van der Waals surface area contributed by atoms with Gasteiger partial charge in [-0.1, -0.05) is 43.0 Å². The van der Waals surface area contributed by atoms with E-state index >= 15 is 0 Å². The number of aromatic nitrogens is 2. The van der Waals surface area contributed by atoms with Crippen molar-refractivity contribution in [2.24, 2.45) is 5.92 Å². The molecule has 0 radical (unpaired) electrons. The van der Waals surface area contributed by atoms with Crippen LogP contribution in [0, 0.1) is 5.92 Å². The zero-order valence-electron chi connectivity index (χ0n) is 16.9. The summed E-state index contributed by atoms with van der Waals surface area (Å²) in [6.45, 7) is 0.724. The fourth-order valence-corrected chi connectivity index (χ4v) is 4.30. The fourth-order valence-electron chi connectivity index (χ4n) is 4.17. The number of carbonyl (C=O) groups is 2. The van der Waals surface area contributed by atoms with Gasteiger partial charge >= 0.3 is 0 Å². The number of nitrogens with zero attached hydrogens (tertiary/aromatic N) is 2. The molecule has 0 unspecified atom stereocenters. The van der Waals surface area contributed by atoms with Crippen molar-refractivity contribution in [2.45, 2.75) is 45.1 Å². The number of Topliss-reactive ketones (excluding diaryl/α,β-unsaturated/α-hetero) is 1. The van der Waals surface area contributed by atoms with E-state index in [9.17, 15) is 9.59 Å². The van der Waals surface area contributed by atoms with Crippen LogP contribution in [0.15, 0.2) is 48.5 Å².